The number of rotatable bonds is 11. The number of nitrogens with zero attached hydrogens (tertiary/aromatic N) is 2. The quantitative estimate of drug-likeness (QED) is 0.0650. The Balaban J connectivity index is 1.80. The number of carbonyl (C=O) groups excluding carboxylic acids is 3. The van der Waals surface area contributed by atoms with Crippen molar-refractivity contribution < 1.29 is 34.4 Å². The summed E-state index contributed by atoms with van der Waals surface area (Å²) in [5, 5.41) is 42.5. The first-order chi connectivity index (χ1) is 18.9. The molecule has 0 aromatic rings. The standard InChI is InChI=1S/C26H43ClN6O7/c1-13(2)21(27)22(31-24(38)20(12-34)40-3)25(39)33-16-10-19(36)18(35)9-15(16)8-17(33)23(37)30-6-4-14-5-7-32(11-14)26(28)29/h5,13,15-22,34-36H,4,6-12H2,1-3H3,(H3,28,29)(H,30,37)(H,31,38)/t15-,16+,17+,18+,19+,20-,21+,22-/m1/s1. The number of guanidine groups is 1. The molecule has 1 saturated carbocycles. The molecule has 3 rings (SSSR count). The number of likely N-dealkylation sites (tertiary alicyclic amines) is 1. The number of halogens is 1. The minimum atomic E-state index is -1.22. The van der Waals surface area contributed by atoms with Gasteiger partial charge in [0.25, 0.3) is 5.91 Å². The summed E-state index contributed by atoms with van der Waals surface area (Å²) in [4.78, 5) is 43.5. The minimum Gasteiger partial charge on any atom is -0.393 e. The summed E-state index contributed by atoms with van der Waals surface area (Å²) < 4.78 is 5.00. The summed E-state index contributed by atoms with van der Waals surface area (Å²) in [5.74, 6) is -2.13. The number of fused-ring (bicyclic) bond motifs is 1. The van der Waals surface area contributed by atoms with Crippen molar-refractivity contribution in [3.8, 4) is 0 Å². The fourth-order valence-corrected chi connectivity index (χ4v) is 5.94. The van der Waals surface area contributed by atoms with Crippen LogP contribution >= 0.6 is 11.6 Å². The molecule has 8 atom stereocenters. The molecule has 14 heteroatoms. The van der Waals surface area contributed by atoms with Crippen molar-refractivity contribution in [2.75, 3.05) is 33.4 Å². The highest BCUT2D eigenvalue weighted by molar-refractivity contribution is 6.23. The van der Waals surface area contributed by atoms with Gasteiger partial charge in [0.2, 0.25) is 11.8 Å². The van der Waals surface area contributed by atoms with Crippen molar-refractivity contribution in [2.24, 2.45) is 17.6 Å². The molecule has 0 unspecified atom stereocenters. The Morgan fingerprint density at radius 1 is 1.23 bits per heavy atom. The van der Waals surface area contributed by atoms with Gasteiger partial charge in [-0.25, -0.2) is 0 Å². The van der Waals surface area contributed by atoms with E-state index in [1.54, 1.807) is 18.7 Å². The van der Waals surface area contributed by atoms with Crippen LogP contribution in [-0.2, 0) is 19.1 Å². The molecule has 40 heavy (non-hydrogen) atoms. The highest BCUT2D eigenvalue weighted by Crippen LogP contribution is 2.41. The summed E-state index contributed by atoms with van der Waals surface area (Å²) in [6.45, 7) is 4.37. The summed E-state index contributed by atoms with van der Waals surface area (Å²) in [6, 6.07) is -2.65. The number of methoxy groups -OCH3 is 1. The molecular weight excluding hydrogens is 544 g/mol. The number of aliphatic hydroxyl groups excluding tert-OH is 3. The SMILES string of the molecule is CO[C@H](CO)C(=O)N[C@@H](C(=O)N1[C@H](C(=O)NCCC2=CCN(C(=N)N)C2)C[C@@H]2C[C@H](O)[C@@H](O)C[C@@H]21)[C@@H](Cl)C(C)C. The Morgan fingerprint density at radius 2 is 1.90 bits per heavy atom. The number of alkyl halides is 1. The third kappa shape index (κ3) is 7.24. The Bertz CT molecular complexity index is 977. The third-order valence-electron chi connectivity index (χ3n) is 8.13. The first kappa shape index (κ1) is 32.1. The molecular formula is C26H43ClN6O7. The molecule has 13 nitrogen and oxygen atoms in total. The van der Waals surface area contributed by atoms with Gasteiger partial charge in [-0.2, -0.15) is 0 Å². The second kappa shape index (κ2) is 13.9. The van der Waals surface area contributed by atoms with Crippen LogP contribution in [-0.4, -0.2) is 124 Å². The van der Waals surface area contributed by atoms with Crippen LogP contribution in [0.5, 0.6) is 0 Å². The van der Waals surface area contributed by atoms with Crippen molar-refractivity contribution in [3.63, 3.8) is 0 Å². The zero-order chi connectivity index (χ0) is 29.7. The minimum absolute atomic E-state index is 0.0150. The van der Waals surface area contributed by atoms with Gasteiger partial charge >= 0.3 is 0 Å². The van der Waals surface area contributed by atoms with E-state index in [0.29, 0.717) is 32.5 Å². The van der Waals surface area contributed by atoms with Crippen LogP contribution in [0.4, 0.5) is 0 Å². The Hall–Kier alpha value is -2.45. The molecule has 3 aliphatic rings. The number of ether oxygens (including phenoxy) is 1. The molecule has 2 heterocycles. The molecule has 0 radical (unpaired) electrons. The van der Waals surface area contributed by atoms with E-state index < -0.39 is 60.2 Å². The average Bonchev–Trinajstić information content (AvgIpc) is 3.52. The molecule has 0 aromatic heterocycles. The topological polar surface area (TPSA) is 202 Å². The third-order valence-corrected chi connectivity index (χ3v) is 8.89. The van der Waals surface area contributed by atoms with E-state index in [1.165, 1.54) is 12.0 Å². The summed E-state index contributed by atoms with van der Waals surface area (Å²) in [6.07, 6.45) is -0.0966. The average molecular weight is 587 g/mol. The van der Waals surface area contributed by atoms with Crippen LogP contribution in [0.25, 0.3) is 0 Å². The van der Waals surface area contributed by atoms with Gasteiger partial charge in [-0.1, -0.05) is 25.5 Å². The number of amides is 3. The smallest absolute Gasteiger partial charge is 0.252 e. The Morgan fingerprint density at radius 3 is 2.48 bits per heavy atom. The van der Waals surface area contributed by atoms with E-state index in [0.717, 1.165) is 5.57 Å². The maximum Gasteiger partial charge on any atom is 0.252 e. The van der Waals surface area contributed by atoms with E-state index >= 15 is 0 Å². The molecule has 0 aromatic carbocycles. The molecule has 0 spiro atoms. The molecule has 1 aliphatic carbocycles. The zero-order valence-electron chi connectivity index (χ0n) is 23.3. The van der Waals surface area contributed by atoms with Crippen molar-refractivity contribution in [2.45, 2.75) is 81.3 Å². The normalized spacial score (nSPS) is 28.5. The van der Waals surface area contributed by atoms with E-state index in [2.05, 4.69) is 10.6 Å². The number of hydrogen-bond donors (Lipinski definition) is 7. The molecule has 8 N–H and O–H groups in total. The van der Waals surface area contributed by atoms with Gasteiger partial charge < -0.3 is 46.2 Å². The van der Waals surface area contributed by atoms with Crippen molar-refractivity contribution >= 4 is 35.3 Å². The number of nitrogens with two attached hydrogens (primary N) is 1. The van der Waals surface area contributed by atoms with Crippen LogP contribution in [0.3, 0.4) is 0 Å². The lowest BCUT2D eigenvalue weighted by Gasteiger charge is -2.40. The van der Waals surface area contributed by atoms with Crippen molar-refractivity contribution in [1.82, 2.24) is 20.4 Å². The fraction of sp³-hybridized carbons (Fsp3) is 0.769. The van der Waals surface area contributed by atoms with Gasteiger partial charge in [-0.15, -0.1) is 11.6 Å². The highest BCUT2D eigenvalue weighted by atomic mass is 35.5. The van der Waals surface area contributed by atoms with Crippen LogP contribution in [0.2, 0.25) is 0 Å². The monoisotopic (exact) mass is 586 g/mol. The number of carbonyl (C=O) groups is 3. The molecule has 2 aliphatic heterocycles. The van der Waals surface area contributed by atoms with Crippen molar-refractivity contribution in [3.05, 3.63) is 11.6 Å². The second-order valence-electron chi connectivity index (χ2n) is 11.2. The fourth-order valence-electron chi connectivity index (χ4n) is 5.77. The predicted molar refractivity (Wildman–Crippen MR) is 147 cm³/mol. The molecule has 0 bridgehead atoms. The summed E-state index contributed by atoms with van der Waals surface area (Å²) in [5.41, 5.74) is 6.58. The van der Waals surface area contributed by atoms with Crippen molar-refractivity contribution in [1.29, 1.82) is 5.41 Å². The van der Waals surface area contributed by atoms with E-state index in [-0.39, 0.29) is 36.5 Å². The maximum atomic E-state index is 14.1. The molecule has 2 fully saturated rings. The number of aliphatic hydroxyl groups is 3. The first-order valence-electron chi connectivity index (χ1n) is 13.7. The van der Waals surface area contributed by atoms with Crippen LogP contribution in [0.15, 0.2) is 11.6 Å². The Kier molecular flexibility index (Phi) is 11.2. The molecule has 1 saturated heterocycles. The van der Waals surface area contributed by atoms with Gasteiger partial charge in [0.1, 0.15) is 12.1 Å². The predicted octanol–water partition coefficient (Wildman–Crippen LogP) is -1.52. The highest BCUT2D eigenvalue weighted by Gasteiger charge is 2.53. The molecule has 3 amide bonds. The largest absolute Gasteiger partial charge is 0.393 e. The van der Waals surface area contributed by atoms with Gasteiger partial charge in [-0.3, -0.25) is 19.8 Å². The van der Waals surface area contributed by atoms with Gasteiger partial charge in [0.15, 0.2) is 12.1 Å². The number of nitrogens with one attached hydrogen (secondary N) is 3. The van der Waals surface area contributed by atoms with Gasteiger partial charge in [-0.05, 0) is 37.5 Å². The van der Waals surface area contributed by atoms with E-state index in [1.807, 2.05) is 6.08 Å². The summed E-state index contributed by atoms with van der Waals surface area (Å²) >= 11 is 6.65. The van der Waals surface area contributed by atoms with Gasteiger partial charge in [0, 0.05) is 32.8 Å². The van der Waals surface area contributed by atoms with Crippen LogP contribution in [0.1, 0.15) is 39.5 Å². The van der Waals surface area contributed by atoms with E-state index in [9.17, 15) is 29.7 Å². The Labute approximate surface area is 239 Å². The van der Waals surface area contributed by atoms with Gasteiger partial charge in [0.05, 0.1) is 24.2 Å². The van der Waals surface area contributed by atoms with Crippen LogP contribution in [0, 0.1) is 17.2 Å². The molecule has 226 valence electrons. The second-order valence-corrected chi connectivity index (χ2v) is 11.7. The van der Waals surface area contributed by atoms with Crippen LogP contribution < -0.4 is 16.4 Å². The number of hydrogen-bond acceptors (Lipinski definition) is 8. The zero-order valence-corrected chi connectivity index (χ0v) is 24.0. The first-order valence-corrected chi connectivity index (χ1v) is 14.1. The lowest BCUT2D eigenvalue weighted by atomic mass is 9.81. The maximum absolute atomic E-state index is 14.1. The summed E-state index contributed by atoms with van der Waals surface area (Å²) in [7, 11) is 1.26. The lowest BCUT2D eigenvalue weighted by Crippen LogP contribution is -2.61. The van der Waals surface area contributed by atoms with E-state index in [4.69, 9.17) is 27.5 Å². The lowest BCUT2D eigenvalue weighted by molar-refractivity contribution is -0.147.